The van der Waals surface area contributed by atoms with Gasteiger partial charge in [0.1, 0.15) is 11.8 Å². The fourth-order valence-corrected chi connectivity index (χ4v) is 5.15. The van der Waals surface area contributed by atoms with Crippen LogP contribution in [0.1, 0.15) is 30.6 Å². The van der Waals surface area contributed by atoms with Gasteiger partial charge in [0.2, 0.25) is 0 Å². The zero-order valence-electron chi connectivity index (χ0n) is 19.8. The Kier molecular flexibility index (Phi) is 7.69. The standard InChI is InChI=1S/C26H33N3O5/c1-17-20(4-3-5-21-22(17)16-34-26(21)32)24(31)15-29-10-8-28(9-11-29)14-23(30)18-6-7-19(13-27)25(12-18)33-2/h3,5-7,12,21-24,30-31H,4,8-11,14-16H2,1-2H3. The van der Waals surface area contributed by atoms with Crippen molar-refractivity contribution in [2.24, 2.45) is 11.8 Å². The Morgan fingerprint density at radius 3 is 2.50 bits per heavy atom. The van der Waals surface area contributed by atoms with Gasteiger partial charge in [-0.05, 0) is 36.6 Å². The van der Waals surface area contributed by atoms with Crippen molar-refractivity contribution in [1.29, 1.82) is 5.26 Å². The number of aliphatic hydroxyl groups is 2. The van der Waals surface area contributed by atoms with E-state index in [1.54, 1.807) is 18.2 Å². The summed E-state index contributed by atoms with van der Waals surface area (Å²) in [6.07, 6.45) is 3.32. The number of aliphatic hydroxyl groups excluding tert-OH is 2. The molecule has 34 heavy (non-hydrogen) atoms. The molecule has 0 bridgehead atoms. The highest BCUT2D eigenvalue weighted by Gasteiger charge is 2.38. The van der Waals surface area contributed by atoms with E-state index in [0.29, 0.717) is 37.4 Å². The number of β-amino-alcohol motifs (C(OH)–C–C–N with tert-alkyl or cyclic N) is 2. The summed E-state index contributed by atoms with van der Waals surface area (Å²) in [7, 11) is 1.52. The topological polar surface area (TPSA) is 106 Å². The first-order valence-corrected chi connectivity index (χ1v) is 11.8. The number of carbonyl (C=O) groups excluding carboxylic acids is 1. The average molecular weight is 468 g/mol. The van der Waals surface area contributed by atoms with Crippen molar-refractivity contribution in [2.75, 3.05) is 53.0 Å². The molecular weight excluding hydrogens is 434 g/mol. The van der Waals surface area contributed by atoms with Gasteiger partial charge >= 0.3 is 5.97 Å². The van der Waals surface area contributed by atoms with E-state index in [1.807, 2.05) is 19.1 Å². The zero-order chi connectivity index (χ0) is 24.2. The van der Waals surface area contributed by atoms with Crippen molar-refractivity contribution in [3.63, 3.8) is 0 Å². The van der Waals surface area contributed by atoms with E-state index in [4.69, 9.17) is 14.7 Å². The molecule has 4 rings (SSSR count). The molecule has 0 spiro atoms. The molecule has 2 saturated heterocycles. The molecule has 0 aromatic heterocycles. The molecule has 3 aliphatic rings. The van der Waals surface area contributed by atoms with Crippen LogP contribution in [0.3, 0.4) is 0 Å². The molecule has 182 valence electrons. The van der Waals surface area contributed by atoms with Gasteiger partial charge in [-0.3, -0.25) is 14.6 Å². The Morgan fingerprint density at radius 2 is 1.85 bits per heavy atom. The summed E-state index contributed by atoms with van der Waals surface area (Å²) in [5, 5.41) is 30.9. The normalized spacial score (nSPS) is 25.3. The molecule has 2 heterocycles. The number of hydrogen-bond acceptors (Lipinski definition) is 8. The molecule has 4 unspecified atom stereocenters. The van der Waals surface area contributed by atoms with E-state index in [-0.39, 0.29) is 17.8 Å². The number of fused-ring (bicyclic) bond motifs is 1. The Morgan fingerprint density at radius 1 is 1.18 bits per heavy atom. The fraction of sp³-hybridized carbons (Fsp3) is 0.538. The first kappa shape index (κ1) is 24.4. The molecule has 0 amide bonds. The number of esters is 1. The minimum Gasteiger partial charge on any atom is -0.495 e. The summed E-state index contributed by atoms with van der Waals surface area (Å²) in [5.41, 5.74) is 3.25. The van der Waals surface area contributed by atoms with Gasteiger partial charge in [-0.2, -0.15) is 5.26 Å². The second-order valence-corrected chi connectivity index (χ2v) is 9.31. The summed E-state index contributed by atoms with van der Waals surface area (Å²) >= 11 is 0. The molecule has 1 aromatic carbocycles. The minimum atomic E-state index is -0.673. The van der Waals surface area contributed by atoms with E-state index < -0.39 is 12.2 Å². The van der Waals surface area contributed by atoms with Gasteiger partial charge in [0.25, 0.3) is 0 Å². The number of cyclic esters (lactones) is 1. The van der Waals surface area contributed by atoms with Gasteiger partial charge in [-0.1, -0.05) is 23.8 Å². The SMILES string of the molecule is COc1cc(C(O)CN2CCN(CC(O)C3=C(C)C4COC(=O)C4C=CC3)CC2)ccc1C#N. The van der Waals surface area contributed by atoms with Gasteiger partial charge < -0.3 is 19.7 Å². The monoisotopic (exact) mass is 467 g/mol. The number of allylic oxidation sites excluding steroid dienone is 1. The second kappa shape index (κ2) is 10.7. The van der Waals surface area contributed by atoms with Crippen molar-refractivity contribution in [2.45, 2.75) is 25.6 Å². The van der Waals surface area contributed by atoms with Gasteiger partial charge in [-0.15, -0.1) is 0 Å². The van der Waals surface area contributed by atoms with Crippen LogP contribution in [0.15, 0.2) is 41.5 Å². The fourth-order valence-electron chi connectivity index (χ4n) is 5.15. The lowest BCUT2D eigenvalue weighted by Crippen LogP contribution is -2.49. The van der Waals surface area contributed by atoms with Crippen LogP contribution < -0.4 is 4.74 Å². The number of nitrogens with zero attached hydrogens (tertiary/aromatic N) is 3. The second-order valence-electron chi connectivity index (χ2n) is 9.31. The summed E-state index contributed by atoms with van der Waals surface area (Å²) in [6.45, 7) is 6.65. The summed E-state index contributed by atoms with van der Waals surface area (Å²) < 4.78 is 10.5. The predicted molar refractivity (Wildman–Crippen MR) is 126 cm³/mol. The van der Waals surface area contributed by atoms with Gasteiger partial charge in [-0.25, -0.2) is 0 Å². The maximum absolute atomic E-state index is 12.0. The van der Waals surface area contributed by atoms with Crippen LogP contribution in [0.25, 0.3) is 0 Å². The first-order chi connectivity index (χ1) is 16.4. The lowest BCUT2D eigenvalue weighted by Gasteiger charge is -2.37. The minimum absolute atomic E-state index is 0.0232. The predicted octanol–water partition coefficient (Wildman–Crippen LogP) is 1.64. The Balaban J connectivity index is 1.30. The zero-order valence-corrected chi connectivity index (χ0v) is 19.8. The number of piperazine rings is 1. The average Bonchev–Trinajstić information content (AvgIpc) is 3.12. The summed E-state index contributed by atoms with van der Waals surface area (Å²) in [6, 6.07) is 7.25. The molecule has 1 aromatic rings. The van der Waals surface area contributed by atoms with Crippen LogP contribution in [0.4, 0.5) is 0 Å². The van der Waals surface area contributed by atoms with Crippen LogP contribution in [-0.2, 0) is 9.53 Å². The number of rotatable bonds is 7. The van der Waals surface area contributed by atoms with Crippen molar-refractivity contribution in [3.8, 4) is 11.8 Å². The van der Waals surface area contributed by atoms with Crippen molar-refractivity contribution >= 4 is 5.97 Å². The molecule has 2 aliphatic heterocycles. The third kappa shape index (κ3) is 5.18. The number of hydrogen-bond donors (Lipinski definition) is 2. The lowest BCUT2D eigenvalue weighted by atomic mass is 9.86. The van der Waals surface area contributed by atoms with Crippen LogP contribution >= 0.6 is 0 Å². The summed E-state index contributed by atoms with van der Waals surface area (Å²) in [4.78, 5) is 16.4. The molecule has 8 nitrogen and oxygen atoms in total. The Bertz CT molecular complexity index is 1010. The molecule has 0 saturated carbocycles. The van der Waals surface area contributed by atoms with Gasteiger partial charge in [0.05, 0.1) is 37.4 Å². The van der Waals surface area contributed by atoms with E-state index in [1.165, 1.54) is 7.11 Å². The molecule has 1 aliphatic carbocycles. The van der Waals surface area contributed by atoms with E-state index >= 15 is 0 Å². The van der Waals surface area contributed by atoms with Crippen molar-refractivity contribution in [3.05, 3.63) is 52.6 Å². The number of carbonyl (C=O) groups is 1. The highest BCUT2D eigenvalue weighted by Crippen LogP contribution is 2.36. The first-order valence-electron chi connectivity index (χ1n) is 11.8. The van der Waals surface area contributed by atoms with Crippen LogP contribution in [0.2, 0.25) is 0 Å². The van der Waals surface area contributed by atoms with E-state index in [0.717, 1.165) is 42.9 Å². The maximum Gasteiger partial charge on any atom is 0.313 e. The van der Waals surface area contributed by atoms with Gasteiger partial charge in [0.15, 0.2) is 0 Å². The quantitative estimate of drug-likeness (QED) is 0.461. The molecular formula is C26H33N3O5. The third-order valence-electron chi connectivity index (χ3n) is 7.31. The molecule has 2 N–H and O–H groups in total. The number of nitriles is 1. The summed E-state index contributed by atoms with van der Waals surface area (Å²) in [5.74, 6) is 0.0931. The van der Waals surface area contributed by atoms with Crippen molar-refractivity contribution < 1.29 is 24.5 Å². The van der Waals surface area contributed by atoms with Crippen LogP contribution in [0, 0.1) is 23.2 Å². The maximum atomic E-state index is 12.0. The highest BCUT2D eigenvalue weighted by molar-refractivity contribution is 5.77. The number of ether oxygens (including phenoxy) is 2. The number of benzene rings is 1. The molecule has 8 heteroatoms. The lowest BCUT2D eigenvalue weighted by molar-refractivity contribution is -0.140. The molecule has 4 atom stereocenters. The van der Waals surface area contributed by atoms with Crippen LogP contribution in [0.5, 0.6) is 5.75 Å². The Labute approximate surface area is 200 Å². The molecule has 0 radical (unpaired) electrons. The third-order valence-corrected chi connectivity index (χ3v) is 7.31. The van der Waals surface area contributed by atoms with E-state index in [9.17, 15) is 15.0 Å². The van der Waals surface area contributed by atoms with E-state index in [2.05, 4.69) is 15.9 Å². The smallest absolute Gasteiger partial charge is 0.313 e. The van der Waals surface area contributed by atoms with Crippen molar-refractivity contribution in [1.82, 2.24) is 9.80 Å². The highest BCUT2D eigenvalue weighted by atomic mass is 16.5. The number of methoxy groups -OCH3 is 1. The van der Waals surface area contributed by atoms with Crippen LogP contribution in [-0.4, -0.2) is 85.1 Å². The Hall–Kier alpha value is -2.70. The van der Waals surface area contributed by atoms with Gasteiger partial charge in [0, 0.05) is 45.2 Å². The molecule has 2 fully saturated rings. The largest absolute Gasteiger partial charge is 0.495 e.